The van der Waals surface area contributed by atoms with Gasteiger partial charge in [-0.2, -0.15) is 5.10 Å². The Kier molecular flexibility index (Phi) is 4.42. The van der Waals surface area contributed by atoms with Crippen molar-refractivity contribution >= 4 is 15.9 Å². The van der Waals surface area contributed by atoms with E-state index >= 15 is 0 Å². The summed E-state index contributed by atoms with van der Waals surface area (Å²) >= 11 is 3.61. The number of hydrogen-bond acceptors (Lipinski definition) is 3. The van der Waals surface area contributed by atoms with Crippen molar-refractivity contribution in [2.24, 2.45) is 5.73 Å². The molecular formula is C13H20BrN5. The van der Waals surface area contributed by atoms with Crippen LogP contribution in [0.4, 0.5) is 0 Å². The second kappa shape index (κ2) is 5.88. The molecule has 5 nitrogen and oxygen atoms in total. The predicted molar refractivity (Wildman–Crippen MR) is 79.0 cm³/mol. The topological polar surface area (TPSA) is 61.7 Å². The van der Waals surface area contributed by atoms with Crippen LogP contribution in [0.1, 0.15) is 30.9 Å². The van der Waals surface area contributed by atoms with Crippen molar-refractivity contribution in [1.82, 2.24) is 19.3 Å². The number of hydrogen-bond donors (Lipinski definition) is 1. The van der Waals surface area contributed by atoms with E-state index in [1.54, 1.807) is 0 Å². The van der Waals surface area contributed by atoms with E-state index in [2.05, 4.69) is 43.7 Å². The zero-order chi connectivity index (χ0) is 14.0. The number of aromatic nitrogens is 4. The first-order valence-electron chi connectivity index (χ1n) is 6.49. The molecule has 0 aliphatic heterocycles. The van der Waals surface area contributed by atoms with E-state index < -0.39 is 0 Å². The summed E-state index contributed by atoms with van der Waals surface area (Å²) in [5.41, 5.74) is 9.01. The Bertz CT molecular complexity index is 555. The third-order valence-corrected chi connectivity index (χ3v) is 4.03. The largest absolute Gasteiger partial charge is 0.331 e. The van der Waals surface area contributed by atoms with Gasteiger partial charge >= 0.3 is 0 Å². The standard InChI is InChI=1S/C13H20BrN5/c1-4-19-12(13(14)10(3)17-19)7-18-6-11(16-8-18)5-9(2)15/h6,8-9H,4-5,7,15H2,1-3H3. The molecule has 0 aliphatic rings. The molecule has 2 aromatic heterocycles. The number of rotatable bonds is 5. The second-order valence-corrected chi connectivity index (χ2v) is 5.67. The number of aryl methyl sites for hydroxylation is 2. The van der Waals surface area contributed by atoms with E-state index in [-0.39, 0.29) is 6.04 Å². The summed E-state index contributed by atoms with van der Waals surface area (Å²) in [6.45, 7) is 7.72. The minimum absolute atomic E-state index is 0.138. The summed E-state index contributed by atoms with van der Waals surface area (Å²) in [4.78, 5) is 4.38. The molecule has 0 bridgehead atoms. The molecule has 0 aromatic carbocycles. The van der Waals surface area contributed by atoms with E-state index in [4.69, 9.17) is 5.73 Å². The minimum atomic E-state index is 0.138. The van der Waals surface area contributed by atoms with E-state index in [0.29, 0.717) is 0 Å². The molecule has 0 saturated heterocycles. The lowest BCUT2D eigenvalue weighted by Gasteiger charge is -2.06. The van der Waals surface area contributed by atoms with Crippen molar-refractivity contribution in [2.75, 3.05) is 0 Å². The van der Waals surface area contributed by atoms with Gasteiger partial charge in [-0.25, -0.2) is 4.98 Å². The average Bonchev–Trinajstić information content (AvgIpc) is 2.88. The Morgan fingerprint density at radius 2 is 2.21 bits per heavy atom. The Balaban J connectivity index is 2.19. The summed E-state index contributed by atoms with van der Waals surface area (Å²) in [7, 11) is 0. The van der Waals surface area contributed by atoms with E-state index in [9.17, 15) is 0 Å². The molecule has 1 unspecified atom stereocenters. The van der Waals surface area contributed by atoms with Crippen molar-refractivity contribution in [3.8, 4) is 0 Å². The maximum atomic E-state index is 5.79. The van der Waals surface area contributed by atoms with Gasteiger partial charge in [-0.15, -0.1) is 0 Å². The van der Waals surface area contributed by atoms with Crippen molar-refractivity contribution in [3.63, 3.8) is 0 Å². The molecule has 1 atom stereocenters. The van der Waals surface area contributed by atoms with Crippen LogP contribution in [0.2, 0.25) is 0 Å². The monoisotopic (exact) mass is 325 g/mol. The lowest BCUT2D eigenvalue weighted by Crippen LogP contribution is -2.17. The molecule has 2 heterocycles. The van der Waals surface area contributed by atoms with Gasteiger partial charge in [-0.3, -0.25) is 4.68 Å². The van der Waals surface area contributed by atoms with E-state index in [1.807, 2.05) is 24.9 Å². The smallest absolute Gasteiger partial charge is 0.0953 e. The quantitative estimate of drug-likeness (QED) is 0.915. The highest BCUT2D eigenvalue weighted by Crippen LogP contribution is 2.22. The predicted octanol–water partition coefficient (Wildman–Crippen LogP) is 2.11. The summed E-state index contributed by atoms with van der Waals surface area (Å²) in [6.07, 6.45) is 4.71. The fourth-order valence-electron chi connectivity index (χ4n) is 2.12. The molecule has 6 heteroatoms. The van der Waals surface area contributed by atoms with Crippen LogP contribution in [0.3, 0.4) is 0 Å². The molecule has 2 rings (SSSR count). The Labute approximate surface area is 121 Å². The summed E-state index contributed by atoms with van der Waals surface area (Å²) in [5, 5.41) is 4.50. The van der Waals surface area contributed by atoms with Crippen LogP contribution in [0.25, 0.3) is 0 Å². The molecule has 0 radical (unpaired) electrons. The van der Waals surface area contributed by atoms with Gasteiger partial charge < -0.3 is 10.3 Å². The molecule has 0 spiro atoms. The molecule has 0 amide bonds. The minimum Gasteiger partial charge on any atom is -0.331 e. The highest BCUT2D eigenvalue weighted by molar-refractivity contribution is 9.10. The molecule has 104 valence electrons. The summed E-state index contributed by atoms with van der Waals surface area (Å²) in [5.74, 6) is 0. The highest BCUT2D eigenvalue weighted by atomic mass is 79.9. The highest BCUT2D eigenvalue weighted by Gasteiger charge is 2.12. The number of nitrogens with two attached hydrogens (primary N) is 1. The van der Waals surface area contributed by atoms with E-state index in [0.717, 1.165) is 35.4 Å². The first kappa shape index (κ1) is 14.3. The molecule has 2 aromatic rings. The van der Waals surface area contributed by atoms with Gasteiger partial charge in [0.25, 0.3) is 0 Å². The van der Waals surface area contributed by atoms with Gasteiger partial charge in [0.15, 0.2) is 0 Å². The van der Waals surface area contributed by atoms with Crippen LogP contribution in [0.5, 0.6) is 0 Å². The molecule has 0 fully saturated rings. The van der Waals surface area contributed by atoms with Crippen LogP contribution in [-0.4, -0.2) is 25.4 Å². The number of halogens is 1. The normalized spacial score (nSPS) is 12.9. The second-order valence-electron chi connectivity index (χ2n) is 4.88. The Morgan fingerprint density at radius 3 is 2.84 bits per heavy atom. The molecule has 19 heavy (non-hydrogen) atoms. The lowest BCUT2D eigenvalue weighted by atomic mass is 10.2. The molecule has 0 aliphatic carbocycles. The maximum Gasteiger partial charge on any atom is 0.0953 e. The Hall–Kier alpha value is -1.14. The van der Waals surface area contributed by atoms with Crippen LogP contribution >= 0.6 is 15.9 Å². The zero-order valence-corrected chi connectivity index (χ0v) is 13.2. The van der Waals surface area contributed by atoms with Crippen LogP contribution in [0.15, 0.2) is 17.0 Å². The first-order valence-corrected chi connectivity index (χ1v) is 7.28. The molecular weight excluding hydrogens is 306 g/mol. The van der Waals surface area contributed by atoms with Gasteiger partial charge in [0, 0.05) is 25.2 Å². The van der Waals surface area contributed by atoms with Gasteiger partial charge in [-0.05, 0) is 36.7 Å². The van der Waals surface area contributed by atoms with Crippen molar-refractivity contribution in [3.05, 3.63) is 34.1 Å². The molecule has 0 saturated carbocycles. The summed E-state index contributed by atoms with van der Waals surface area (Å²) < 4.78 is 5.17. The van der Waals surface area contributed by atoms with Gasteiger partial charge in [-0.1, -0.05) is 0 Å². The van der Waals surface area contributed by atoms with Gasteiger partial charge in [0.05, 0.1) is 34.4 Å². The van der Waals surface area contributed by atoms with Gasteiger partial charge in [0.1, 0.15) is 0 Å². The van der Waals surface area contributed by atoms with Crippen molar-refractivity contribution < 1.29 is 0 Å². The number of imidazole rings is 1. The zero-order valence-electron chi connectivity index (χ0n) is 11.6. The summed E-state index contributed by atoms with van der Waals surface area (Å²) in [6, 6.07) is 0.138. The SMILES string of the molecule is CCn1nc(C)c(Br)c1Cn1cnc(CC(C)N)c1. The fourth-order valence-corrected chi connectivity index (χ4v) is 2.53. The van der Waals surface area contributed by atoms with Gasteiger partial charge in [0.2, 0.25) is 0 Å². The van der Waals surface area contributed by atoms with Crippen molar-refractivity contribution in [2.45, 2.75) is 46.3 Å². The van der Waals surface area contributed by atoms with Crippen LogP contribution in [-0.2, 0) is 19.5 Å². The third kappa shape index (κ3) is 3.25. The van der Waals surface area contributed by atoms with Crippen molar-refractivity contribution in [1.29, 1.82) is 0 Å². The van der Waals surface area contributed by atoms with Crippen LogP contribution in [0, 0.1) is 6.92 Å². The molecule has 2 N–H and O–H groups in total. The maximum absolute atomic E-state index is 5.79. The van der Waals surface area contributed by atoms with Crippen LogP contribution < -0.4 is 5.73 Å². The fraction of sp³-hybridized carbons (Fsp3) is 0.538. The Morgan fingerprint density at radius 1 is 1.47 bits per heavy atom. The lowest BCUT2D eigenvalue weighted by molar-refractivity contribution is 0.596. The first-order chi connectivity index (χ1) is 9.01. The average molecular weight is 326 g/mol. The van der Waals surface area contributed by atoms with E-state index in [1.165, 1.54) is 5.69 Å². The number of nitrogens with zero attached hydrogens (tertiary/aromatic N) is 4. The third-order valence-electron chi connectivity index (χ3n) is 3.00.